The molecule has 16 radical (unpaired) electrons. The van der Waals surface area contributed by atoms with Crippen LogP contribution in [0.2, 0.25) is 0 Å². The zero-order valence-corrected chi connectivity index (χ0v) is 40.4. The number of hydrogen-bond donors (Lipinski definition) is 2. The van der Waals surface area contributed by atoms with Crippen molar-refractivity contribution in [3.8, 4) is 28.7 Å². The fraction of sp³-hybridized carbons (Fsp3) is 0.217. The zero-order valence-electron chi connectivity index (χ0n) is 40.4. The van der Waals surface area contributed by atoms with E-state index in [9.17, 15) is 10.2 Å². The predicted molar refractivity (Wildman–Crippen MR) is 305 cm³/mol. The number of rotatable bonds is 26. The normalized spacial score (nSPS) is 14.8. The van der Waals surface area contributed by atoms with E-state index in [0.717, 1.165) is 44.3 Å². The predicted octanol–water partition coefficient (Wildman–Crippen LogP) is -2.71. The molecule has 8 rings (SSSR count). The van der Waals surface area contributed by atoms with E-state index in [1.54, 1.807) is 43.9 Å². The number of ether oxygens (including phenoxy) is 4. The molecule has 0 spiro atoms. The summed E-state index contributed by atoms with van der Waals surface area (Å²) in [5.74, 6) is 3.13. The third-order valence-corrected chi connectivity index (χ3v) is 11.9. The first-order chi connectivity index (χ1) is 34.9. The molecule has 4 atom stereocenters. The first-order valence-electron chi connectivity index (χ1n) is 23.6. The lowest BCUT2D eigenvalue weighted by Gasteiger charge is -2.22. The molecule has 2 heterocycles. The molecule has 2 aliphatic heterocycles. The average molecular weight is 930 g/mol. The van der Waals surface area contributed by atoms with Gasteiger partial charge < -0.3 is 47.8 Å². The highest BCUT2D eigenvalue weighted by atomic mass is 16.6. The minimum Gasteiger partial charge on any atom is -0.567 e. The summed E-state index contributed by atoms with van der Waals surface area (Å²) in [4.78, 5) is 0. The van der Waals surface area contributed by atoms with Gasteiger partial charge in [-0.1, -0.05) is 123 Å². The van der Waals surface area contributed by atoms with Crippen molar-refractivity contribution >= 4 is 148 Å². The first-order valence-corrected chi connectivity index (χ1v) is 23.6. The average Bonchev–Trinajstić information content (AvgIpc) is 4.36. The van der Waals surface area contributed by atoms with Crippen molar-refractivity contribution in [3.05, 3.63) is 151 Å². The van der Waals surface area contributed by atoms with Gasteiger partial charge in [-0.2, -0.15) is 0 Å². The van der Waals surface area contributed by atoms with E-state index < -0.39 is 25.2 Å². The summed E-state index contributed by atoms with van der Waals surface area (Å²) >= 11 is 0. The Bertz CT molecular complexity index is 2520. The Balaban J connectivity index is 0.000000286. The van der Waals surface area contributed by atoms with Crippen molar-refractivity contribution in [3.63, 3.8) is 0 Å². The summed E-state index contributed by atoms with van der Waals surface area (Å²) in [6.45, 7) is 1.65. The molecule has 72 heavy (non-hydrogen) atoms. The first kappa shape index (κ1) is 54.9. The lowest BCUT2D eigenvalue weighted by atomic mass is 8.90. The van der Waals surface area contributed by atoms with Gasteiger partial charge in [0, 0.05) is 59.9 Å². The van der Waals surface area contributed by atoms with Crippen LogP contribution in [0.25, 0.3) is 0 Å². The highest BCUT2D eigenvalue weighted by molar-refractivity contribution is 7.63. The van der Waals surface area contributed by atoms with E-state index in [1.165, 1.54) is 34.3 Å². The molecule has 10 nitrogen and oxygen atoms in total. The van der Waals surface area contributed by atoms with E-state index in [4.69, 9.17) is 84.0 Å². The van der Waals surface area contributed by atoms with Crippen LogP contribution in [0.5, 0.6) is 28.7 Å². The molecular formula is C46H44B16O10. The van der Waals surface area contributed by atoms with Gasteiger partial charge in [0.25, 0.3) is 0 Å². The van der Waals surface area contributed by atoms with E-state index in [0.29, 0.717) is 30.5 Å². The van der Waals surface area contributed by atoms with Gasteiger partial charge in [-0.05, 0) is 67.6 Å². The molecule has 2 aliphatic rings. The van der Waals surface area contributed by atoms with Crippen molar-refractivity contribution in [1.82, 2.24) is 0 Å². The van der Waals surface area contributed by atoms with Gasteiger partial charge in [-0.25, -0.2) is 0 Å². The van der Waals surface area contributed by atoms with Crippen LogP contribution in [0, 0.1) is 6.92 Å². The minimum atomic E-state index is -1.05. The topological polar surface area (TPSA) is 121 Å². The van der Waals surface area contributed by atoms with Gasteiger partial charge in [0.1, 0.15) is 24.7 Å². The maximum absolute atomic E-state index is 10.8. The van der Waals surface area contributed by atoms with Crippen LogP contribution in [0.3, 0.4) is 0 Å². The Morgan fingerprint density at radius 3 is 1.43 bits per heavy atom. The molecule has 0 saturated carbocycles. The summed E-state index contributed by atoms with van der Waals surface area (Å²) in [6.07, 6.45) is -0.672. The highest BCUT2D eigenvalue weighted by Gasteiger charge is 2.37. The van der Waals surface area contributed by atoms with Crippen LogP contribution >= 0.6 is 0 Å². The standard InChI is InChI=1S/C31H30B11O8.C15H14B5O2/c1-45-36-29(43)18-46-25-10-6-23(7-11-25)40(42(34)35)24-8-12-26(13-9-24)47-20-31(44)41(38-32)50-28-16-4-22(5-17-28)39(33)21-2-14-27(15-3-21)49-37-30-19-48-30;1-11-2-4-12(5-3-11)19(17)13-6-8-14(9-7-13)22-20(18-16)15-10-21-15/h2-17,29-31,43-44H,18-20H2,1H3;2-9,15H,10H2,1H3. The van der Waals surface area contributed by atoms with Crippen molar-refractivity contribution in [1.29, 1.82) is 0 Å². The fourth-order valence-corrected chi connectivity index (χ4v) is 7.59. The van der Waals surface area contributed by atoms with Crippen LogP contribution in [0.1, 0.15) is 5.56 Å². The quantitative estimate of drug-likeness (QED) is 0.0440. The van der Waals surface area contributed by atoms with Gasteiger partial charge in [0.15, 0.2) is 19.8 Å². The molecule has 6 aromatic rings. The second-order valence-electron chi connectivity index (χ2n) is 17.4. The number of hydrogen-bond acceptors (Lipinski definition) is 10. The van der Waals surface area contributed by atoms with Crippen LogP contribution in [0.15, 0.2) is 146 Å². The summed E-state index contributed by atoms with van der Waals surface area (Å²) in [7, 11) is 43.8. The van der Waals surface area contributed by atoms with E-state index in [-0.39, 0.29) is 51.8 Å². The van der Waals surface area contributed by atoms with Gasteiger partial charge in [0.2, 0.25) is 0 Å². The summed E-state index contributed by atoms with van der Waals surface area (Å²) < 4.78 is 43.9. The molecule has 2 N–H and O–H groups in total. The lowest BCUT2D eigenvalue weighted by Crippen LogP contribution is -2.55. The maximum Gasteiger partial charge on any atom is 0.403 e. The molecule has 26 heteroatoms. The Morgan fingerprint density at radius 1 is 0.569 bits per heavy atom. The molecule has 2 fully saturated rings. The monoisotopic (exact) mass is 932 g/mol. The Labute approximate surface area is 438 Å². The zero-order chi connectivity index (χ0) is 51.0. The molecule has 6 aromatic carbocycles. The minimum absolute atomic E-state index is 0.0610. The second-order valence-corrected chi connectivity index (χ2v) is 17.4. The third-order valence-electron chi connectivity index (χ3n) is 11.9. The van der Waals surface area contributed by atoms with Crippen molar-refractivity contribution < 1.29 is 47.8 Å². The molecule has 0 aliphatic carbocycles. The van der Waals surface area contributed by atoms with Crippen molar-refractivity contribution in [2.24, 2.45) is 0 Å². The van der Waals surface area contributed by atoms with Crippen molar-refractivity contribution in [2.45, 2.75) is 30.9 Å². The molecule has 4 unspecified atom stereocenters. The van der Waals surface area contributed by atoms with E-state index >= 15 is 0 Å². The Hall–Kier alpha value is -4.84. The Kier molecular flexibility index (Phi) is 20.9. The summed E-state index contributed by atoms with van der Waals surface area (Å²) in [5, 5.41) is 20.6. The highest BCUT2D eigenvalue weighted by Crippen LogP contribution is 2.18. The maximum atomic E-state index is 10.8. The van der Waals surface area contributed by atoms with E-state index in [2.05, 4.69) is 31.2 Å². The molecule has 0 amide bonds. The van der Waals surface area contributed by atoms with Gasteiger partial charge in [-0.3, -0.25) is 0 Å². The number of benzene rings is 6. The molecule has 0 bridgehead atoms. The fourth-order valence-electron chi connectivity index (χ4n) is 7.59. The second kappa shape index (κ2) is 27.4. The van der Waals surface area contributed by atoms with E-state index in [1.807, 2.05) is 84.9 Å². The molecule has 336 valence electrons. The van der Waals surface area contributed by atoms with Gasteiger partial charge in [0.05, 0.1) is 68.6 Å². The lowest BCUT2D eigenvalue weighted by molar-refractivity contribution is 0.153. The molecule has 2 saturated heterocycles. The van der Waals surface area contributed by atoms with Gasteiger partial charge in [-0.15, -0.1) is 0 Å². The number of aliphatic hydroxyl groups is 2. The largest absolute Gasteiger partial charge is 0.567 e. The Morgan fingerprint density at radius 2 is 1.00 bits per heavy atom. The summed E-state index contributed by atoms with van der Waals surface area (Å²) in [6, 6.07) is 43.9. The summed E-state index contributed by atoms with van der Waals surface area (Å²) in [5.41, 5.74) is 6.97. The smallest absolute Gasteiger partial charge is 0.403 e. The SMILES string of the molecule is [B][B]B(Oc1ccc(B([B])c2ccc(C)cc2)cc1)C1CO1.[B][B]B(Oc1ccc(B([B])c2ccc(O[B]C3CO3)cc2)cc1)C(O)COc1ccc(B(B([B])[B])c2ccc(OCC(O)[B]OC)cc2)cc1. The van der Waals surface area contributed by atoms with Crippen molar-refractivity contribution in [2.75, 3.05) is 33.5 Å². The van der Waals surface area contributed by atoms with Crippen LogP contribution in [-0.2, 0) is 14.1 Å². The van der Waals surface area contributed by atoms with Crippen LogP contribution < -0.4 is 56.2 Å². The van der Waals surface area contributed by atoms with Gasteiger partial charge >= 0.3 is 28.6 Å². The van der Waals surface area contributed by atoms with Crippen LogP contribution in [-0.4, -0.2) is 183 Å². The number of epoxide rings is 2. The molecule has 0 aromatic heterocycles. The third kappa shape index (κ3) is 16.6. The number of aliphatic hydroxyl groups excluding tert-OH is 2. The number of aryl methyl sites for hydroxylation is 1. The molecular weight excluding hydrogens is 885 g/mol. The van der Waals surface area contributed by atoms with Crippen LogP contribution in [0.4, 0.5) is 0 Å².